The zero-order valence-corrected chi connectivity index (χ0v) is 8.92. The predicted molar refractivity (Wildman–Crippen MR) is 55.6 cm³/mol. The zero-order chi connectivity index (χ0) is 10.7. The van der Waals surface area contributed by atoms with Crippen LogP contribution in [0.3, 0.4) is 0 Å². The average molecular weight is 210 g/mol. The molecule has 0 radical (unpaired) electrons. The molecule has 0 aromatic heterocycles. The standard InChI is InChI=1S/C11H18N2O2/c14-10(7-8-3-1-2-4-8)12-13-11(15)9-5-6-9/h8-9H,1-7H2,(H,12,14)(H,13,15). The minimum Gasteiger partial charge on any atom is -0.273 e. The first-order valence-corrected chi connectivity index (χ1v) is 5.84. The van der Waals surface area contributed by atoms with Gasteiger partial charge in [0.15, 0.2) is 0 Å². The predicted octanol–water partition coefficient (Wildman–Crippen LogP) is 1.12. The van der Waals surface area contributed by atoms with E-state index in [2.05, 4.69) is 10.9 Å². The normalized spacial score (nSPS) is 21.3. The van der Waals surface area contributed by atoms with Crippen LogP contribution in [0, 0.1) is 11.8 Å². The molecule has 0 atom stereocenters. The van der Waals surface area contributed by atoms with Gasteiger partial charge in [-0.2, -0.15) is 0 Å². The highest BCUT2D eigenvalue weighted by atomic mass is 16.2. The lowest BCUT2D eigenvalue weighted by Crippen LogP contribution is -2.42. The Morgan fingerprint density at radius 2 is 1.67 bits per heavy atom. The summed E-state index contributed by atoms with van der Waals surface area (Å²) in [7, 11) is 0. The van der Waals surface area contributed by atoms with Gasteiger partial charge in [0, 0.05) is 12.3 Å². The third-order valence-electron chi connectivity index (χ3n) is 3.22. The highest BCUT2D eigenvalue weighted by Gasteiger charge is 2.29. The first-order valence-electron chi connectivity index (χ1n) is 5.84. The zero-order valence-electron chi connectivity index (χ0n) is 8.92. The molecular formula is C11H18N2O2. The molecule has 2 N–H and O–H groups in total. The van der Waals surface area contributed by atoms with Crippen molar-refractivity contribution in [2.75, 3.05) is 0 Å². The van der Waals surface area contributed by atoms with E-state index in [0.29, 0.717) is 12.3 Å². The Hall–Kier alpha value is -1.06. The molecule has 2 amide bonds. The summed E-state index contributed by atoms with van der Waals surface area (Å²) in [4.78, 5) is 22.6. The van der Waals surface area contributed by atoms with Gasteiger partial charge < -0.3 is 0 Å². The van der Waals surface area contributed by atoms with Crippen molar-refractivity contribution in [2.45, 2.75) is 44.9 Å². The Morgan fingerprint density at radius 3 is 2.27 bits per heavy atom. The van der Waals surface area contributed by atoms with Gasteiger partial charge in [0.25, 0.3) is 0 Å². The first kappa shape index (κ1) is 10.5. The lowest BCUT2D eigenvalue weighted by atomic mass is 10.0. The quantitative estimate of drug-likeness (QED) is 0.686. The Kier molecular flexibility index (Phi) is 3.23. The molecule has 0 bridgehead atoms. The van der Waals surface area contributed by atoms with Gasteiger partial charge in [0.2, 0.25) is 11.8 Å². The van der Waals surface area contributed by atoms with Crippen molar-refractivity contribution in [1.82, 2.24) is 10.9 Å². The van der Waals surface area contributed by atoms with Crippen LogP contribution in [0.2, 0.25) is 0 Å². The fraction of sp³-hybridized carbons (Fsp3) is 0.818. The summed E-state index contributed by atoms with van der Waals surface area (Å²) in [5.74, 6) is 0.602. The van der Waals surface area contributed by atoms with Crippen molar-refractivity contribution < 1.29 is 9.59 Å². The fourth-order valence-corrected chi connectivity index (χ4v) is 2.11. The molecule has 0 saturated heterocycles. The smallest absolute Gasteiger partial charge is 0.241 e. The van der Waals surface area contributed by atoms with Crippen molar-refractivity contribution in [3.8, 4) is 0 Å². The van der Waals surface area contributed by atoms with Gasteiger partial charge >= 0.3 is 0 Å². The van der Waals surface area contributed by atoms with Gasteiger partial charge in [-0.05, 0) is 31.6 Å². The third kappa shape index (κ3) is 3.22. The molecule has 84 valence electrons. The molecule has 0 spiro atoms. The van der Waals surface area contributed by atoms with E-state index < -0.39 is 0 Å². The van der Waals surface area contributed by atoms with Gasteiger partial charge in [-0.25, -0.2) is 0 Å². The number of rotatable bonds is 3. The van der Waals surface area contributed by atoms with Gasteiger partial charge in [-0.15, -0.1) is 0 Å². The van der Waals surface area contributed by atoms with Gasteiger partial charge in [0.1, 0.15) is 0 Å². The maximum absolute atomic E-state index is 11.4. The van der Waals surface area contributed by atoms with Crippen LogP contribution < -0.4 is 10.9 Å². The van der Waals surface area contributed by atoms with Crippen molar-refractivity contribution in [3.05, 3.63) is 0 Å². The number of hydrogen-bond acceptors (Lipinski definition) is 2. The second-order valence-corrected chi connectivity index (χ2v) is 4.67. The monoisotopic (exact) mass is 210 g/mol. The first-order chi connectivity index (χ1) is 7.25. The number of nitrogens with one attached hydrogen (secondary N) is 2. The van der Waals surface area contributed by atoms with Crippen molar-refractivity contribution in [2.24, 2.45) is 11.8 Å². The molecule has 0 aromatic carbocycles. The summed E-state index contributed by atoms with van der Waals surface area (Å²) in [5.41, 5.74) is 4.97. The number of carbonyl (C=O) groups excluding carboxylic acids is 2. The summed E-state index contributed by atoms with van der Waals surface area (Å²) in [6, 6.07) is 0. The van der Waals surface area contributed by atoms with Crippen LogP contribution in [0.4, 0.5) is 0 Å². The number of hydrogen-bond donors (Lipinski definition) is 2. The Labute approximate surface area is 89.8 Å². The van der Waals surface area contributed by atoms with E-state index in [9.17, 15) is 9.59 Å². The van der Waals surface area contributed by atoms with Crippen molar-refractivity contribution in [3.63, 3.8) is 0 Å². The second kappa shape index (κ2) is 4.64. The van der Waals surface area contributed by atoms with Crippen LogP contribution >= 0.6 is 0 Å². The average Bonchev–Trinajstić information content (AvgIpc) is 2.95. The van der Waals surface area contributed by atoms with Gasteiger partial charge in [0.05, 0.1) is 0 Å². The van der Waals surface area contributed by atoms with Crippen LogP contribution in [0.5, 0.6) is 0 Å². The summed E-state index contributed by atoms with van der Waals surface area (Å²) >= 11 is 0. The topological polar surface area (TPSA) is 58.2 Å². The Balaban J connectivity index is 1.61. The van der Waals surface area contributed by atoms with Crippen LogP contribution in [-0.4, -0.2) is 11.8 Å². The Bertz CT molecular complexity index is 255. The number of hydrazine groups is 1. The van der Waals surface area contributed by atoms with E-state index in [0.717, 1.165) is 25.7 Å². The minimum absolute atomic E-state index is 0.0326. The van der Waals surface area contributed by atoms with Crippen LogP contribution in [0.25, 0.3) is 0 Å². The molecule has 4 nitrogen and oxygen atoms in total. The molecule has 0 aliphatic heterocycles. The summed E-state index contributed by atoms with van der Waals surface area (Å²) in [6.45, 7) is 0. The summed E-state index contributed by atoms with van der Waals surface area (Å²) in [5, 5.41) is 0. The van der Waals surface area contributed by atoms with E-state index in [1.807, 2.05) is 0 Å². The molecule has 2 rings (SSSR count). The van der Waals surface area contributed by atoms with E-state index in [-0.39, 0.29) is 17.7 Å². The van der Waals surface area contributed by atoms with Gasteiger partial charge in [-0.1, -0.05) is 12.8 Å². The van der Waals surface area contributed by atoms with Crippen molar-refractivity contribution in [1.29, 1.82) is 0 Å². The van der Waals surface area contributed by atoms with Crippen LogP contribution in [0.15, 0.2) is 0 Å². The largest absolute Gasteiger partial charge is 0.273 e. The molecule has 2 saturated carbocycles. The van der Waals surface area contributed by atoms with E-state index in [1.54, 1.807) is 0 Å². The summed E-state index contributed by atoms with van der Waals surface area (Å²) < 4.78 is 0. The molecule has 2 fully saturated rings. The van der Waals surface area contributed by atoms with Crippen LogP contribution in [0.1, 0.15) is 44.9 Å². The fourth-order valence-electron chi connectivity index (χ4n) is 2.11. The van der Waals surface area contributed by atoms with Gasteiger partial charge in [-0.3, -0.25) is 20.4 Å². The van der Waals surface area contributed by atoms with Crippen LogP contribution in [-0.2, 0) is 9.59 Å². The van der Waals surface area contributed by atoms with E-state index in [4.69, 9.17) is 0 Å². The molecule has 0 heterocycles. The Morgan fingerprint density at radius 1 is 1.00 bits per heavy atom. The number of amides is 2. The third-order valence-corrected chi connectivity index (χ3v) is 3.22. The maximum atomic E-state index is 11.4. The highest BCUT2D eigenvalue weighted by molar-refractivity contribution is 5.84. The molecule has 0 unspecified atom stereocenters. The highest BCUT2D eigenvalue weighted by Crippen LogP contribution is 2.29. The number of carbonyl (C=O) groups is 2. The minimum atomic E-state index is -0.0455. The van der Waals surface area contributed by atoms with E-state index >= 15 is 0 Å². The van der Waals surface area contributed by atoms with E-state index in [1.165, 1.54) is 12.8 Å². The summed E-state index contributed by atoms with van der Waals surface area (Å²) in [6.07, 6.45) is 7.28. The molecule has 15 heavy (non-hydrogen) atoms. The maximum Gasteiger partial charge on any atom is 0.241 e. The molecule has 2 aliphatic carbocycles. The molecular weight excluding hydrogens is 192 g/mol. The molecule has 0 aromatic rings. The lowest BCUT2D eigenvalue weighted by Gasteiger charge is -2.10. The molecule has 4 heteroatoms. The lowest BCUT2D eigenvalue weighted by molar-refractivity contribution is -0.130. The molecule has 2 aliphatic rings. The second-order valence-electron chi connectivity index (χ2n) is 4.67. The SMILES string of the molecule is O=C(CC1CCCC1)NNC(=O)C1CC1. The van der Waals surface area contributed by atoms with Crippen molar-refractivity contribution >= 4 is 11.8 Å².